The SMILES string of the molecule is CCCNC(Cc1nc(C(CC)(CC)OC)no1)C1CC1. The molecule has 0 amide bonds. The van der Waals surface area contributed by atoms with Crippen LogP contribution >= 0.6 is 0 Å². The Bertz CT molecular complexity index is 417. The predicted molar refractivity (Wildman–Crippen MR) is 82.1 cm³/mol. The molecule has 1 aromatic heterocycles. The Morgan fingerprint density at radius 1 is 1.33 bits per heavy atom. The van der Waals surface area contributed by atoms with Gasteiger partial charge in [0.05, 0.1) is 0 Å². The number of aromatic nitrogens is 2. The van der Waals surface area contributed by atoms with Crippen LogP contribution in [0.25, 0.3) is 0 Å². The monoisotopic (exact) mass is 295 g/mol. The van der Waals surface area contributed by atoms with Crippen LogP contribution in [0.3, 0.4) is 0 Å². The van der Waals surface area contributed by atoms with Gasteiger partial charge in [0.1, 0.15) is 5.60 Å². The second kappa shape index (κ2) is 7.36. The number of nitrogens with zero attached hydrogens (tertiary/aromatic N) is 2. The minimum Gasteiger partial charge on any atom is -0.370 e. The molecule has 5 nitrogen and oxygen atoms in total. The van der Waals surface area contributed by atoms with Gasteiger partial charge in [-0.15, -0.1) is 0 Å². The Morgan fingerprint density at radius 3 is 2.57 bits per heavy atom. The van der Waals surface area contributed by atoms with Crippen LogP contribution in [0.2, 0.25) is 0 Å². The molecule has 21 heavy (non-hydrogen) atoms. The van der Waals surface area contributed by atoms with Gasteiger partial charge < -0.3 is 14.6 Å². The summed E-state index contributed by atoms with van der Waals surface area (Å²) in [5.74, 6) is 2.19. The van der Waals surface area contributed by atoms with Gasteiger partial charge in [-0.1, -0.05) is 25.9 Å². The van der Waals surface area contributed by atoms with E-state index in [1.165, 1.54) is 12.8 Å². The number of hydrogen-bond acceptors (Lipinski definition) is 5. The van der Waals surface area contributed by atoms with Crippen LogP contribution in [-0.2, 0) is 16.8 Å². The van der Waals surface area contributed by atoms with E-state index >= 15 is 0 Å². The van der Waals surface area contributed by atoms with E-state index < -0.39 is 5.60 Å². The zero-order valence-corrected chi connectivity index (χ0v) is 13.8. The summed E-state index contributed by atoms with van der Waals surface area (Å²) >= 11 is 0. The van der Waals surface area contributed by atoms with Crippen LogP contribution in [0.5, 0.6) is 0 Å². The Kier molecular flexibility index (Phi) is 5.76. The van der Waals surface area contributed by atoms with Crippen molar-refractivity contribution in [2.45, 2.75) is 70.9 Å². The fourth-order valence-electron chi connectivity index (χ4n) is 2.89. The van der Waals surface area contributed by atoms with Crippen LogP contribution in [-0.4, -0.2) is 29.8 Å². The van der Waals surface area contributed by atoms with E-state index in [0.717, 1.165) is 44.0 Å². The average molecular weight is 295 g/mol. The fraction of sp³-hybridized carbons (Fsp3) is 0.875. The first kappa shape index (κ1) is 16.4. The third-order valence-electron chi connectivity index (χ3n) is 4.65. The maximum atomic E-state index is 5.66. The molecule has 1 heterocycles. The van der Waals surface area contributed by atoms with Crippen LogP contribution in [0, 0.1) is 5.92 Å². The van der Waals surface area contributed by atoms with Crippen molar-refractivity contribution in [3.63, 3.8) is 0 Å². The maximum Gasteiger partial charge on any atom is 0.228 e. The molecule has 1 aromatic rings. The molecule has 1 N–H and O–H groups in total. The van der Waals surface area contributed by atoms with Crippen molar-refractivity contribution in [2.75, 3.05) is 13.7 Å². The normalized spacial score (nSPS) is 17.1. The van der Waals surface area contributed by atoms with Crippen molar-refractivity contribution in [1.29, 1.82) is 0 Å². The lowest BCUT2D eigenvalue weighted by Gasteiger charge is -2.25. The smallest absolute Gasteiger partial charge is 0.228 e. The molecule has 1 atom stereocenters. The van der Waals surface area contributed by atoms with Crippen molar-refractivity contribution in [1.82, 2.24) is 15.5 Å². The van der Waals surface area contributed by atoms with Gasteiger partial charge in [0.2, 0.25) is 11.7 Å². The molecule has 0 aliphatic heterocycles. The van der Waals surface area contributed by atoms with Crippen molar-refractivity contribution in [3.8, 4) is 0 Å². The summed E-state index contributed by atoms with van der Waals surface area (Å²) < 4.78 is 11.1. The van der Waals surface area contributed by atoms with Crippen LogP contribution < -0.4 is 5.32 Å². The molecule has 2 rings (SSSR count). The topological polar surface area (TPSA) is 60.2 Å². The van der Waals surface area contributed by atoms with Gasteiger partial charge in [-0.2, -0.15) is 4.98 Å². The van der Waals surface area contributed by atoms with E-state index in [1.54, 1.807) is 7.11 Å². The summed E-state index contributed by atoms with van der Waals surface area (Å²) in [6.07, 6.45) is 6.29. The fourth-order valence-corrected chi connectivity index (χ4v) is 2.89. The lowest BCUT2D eigenvalue weighted by molar-refractivity contribution is -0.0306. The highest BCUT2D eigenvalue weighted by Crippen LogP contribution is 2.34. The maximum absolute atomic E-state index is 5.66. The van der Waals surface area contributed by atoms with Crippen molar-refractivity contribution in [2.24, 2.45) is 5.92 Å². The third kappa shape index (κ3) is 3.83. The molecule has 1 unspecified atom stereocenters. The predicted octanol–water partition coefficient (Wildman–Crippen LogP) is 3.05. The summed E-state index contributed by atoms with van der Waals surface area (Å²) in [6.45, 7) is 7.43. The van der Waals surface area contributed by atoms with Crippen molar-refractivity contribution in [3.05, 3.63) is 11.7 Å². The third-order valence-corrected chi connectivity index (χ3v) is 4.65. The minimum atomic E-state index is -0.409. The molecule has 1 saturated carbocycles. The molecule has 1 aliphatic carbocycles. The first-order valence-corrected chi connectivity index (χ1v) is 8.30. The minimum absolute atomic E-state index is 0.409. The van der Waals surface area contributed by atoms with Gasteiger partial charge in [-0.25, -0.2) is 0 Å². The zero-order valence-electron chi connectivity index (χ0n) is 13.8. The van der Waals surface area contributed by atoms with Crippen LogP contribution in [0.15, 0.2) is 4.52 Å². The molecule has 1 fully saturated rings. The Labute approximate surface area is 127 Å². The summed E-state index contributed by atoms with van der Waals surface area (Å²) in [4.78, 5) is 4.61. The highest BCUT2D eigenvalue weighted by molar-refractivity contribution is 5.02. The average Bonchev–Trinajstić information content (AvgIpc) is 3.26. The number of nitrogens with one attached hydrogen (secondary N) is 1. The number of rotatable bonds is 10. The molecule has 1 aliphatic rings. The molecular formula is C16H29N3O2. The van der Waals surface area contributed by atoms with E-state index in [4.69, 9.17) is 9.26 Å². The van der Waals surface area contributed by atoms with Crippen molar-refractivity contribution >= 4 is 0 Å². The van der Waals surface area contributed by atoms with E-state index in [-0.39, 0.29) is 0 Å². The van der Waals surface area contributed by atoms with Gasteiger partial charge in [0.25, 0.3) is 0 Å². The van der Waals surface area contributed by atoms with E-state index in [9.17, 15) is 0 Å². The Morgan fingerprint density at radius 2 is 2.05 bits per heavy atom. The van der Waals surface area contributed by atoms with E-state index in [1.807, 2.05) is 0 Å². The lowest BCUT2D eigenvalue weighted by atomic mass is 9.96. The molecule has 0 saturated heterocycles. The number of ether oxygens (including phenoxy) is 1. The first-order valence-electron chi connectivity index (χ1n) is 8.30. The number of hydrogen-bond donors (Lipinski definition) is 1. The first-order chi connectivity index (χ1) is 10.2. The summed E-state index contributed by atoms with van der Waals surface area (Å²) in [5.41, 5.74) is -0.409. The largest absolute Gasteiger partial charge is 0.370 e. The Hall–Kier alpha value is -0.940. The molecule has 0 aromatic carbocycles. The van der Waals surface area contributed by atoms with E-state index in [0.29, 0.717) is 11.9 Å². The summed E-state index contributed by atoms with van der Waals surface area (Å²) in [6, 6.07) is 0.471. The summed E-state index contributed by atoms with van der Waals surface area (Å²) in [7, 11) is 1.72. The van der Waals surface area contributed by atoms with Crippen LogP contribution in [0.1, 0.15) is 64.6 Å². The van der Waals surface area contributed by atoms with Gasteiger partial charge in [0, 0.05) is 19.6 Å². The van der Waals surface area contributed by atoms with Crippen molar-refractivity contribution < 1.29 is 9.26 Å². The Balaban J connectivity index is 2.04. The molecular weight excluding hydrogens is 266 g/mol. The molecule has 0 bridgehead atoms. The standard InChI is InChI=1S/C16H29N3O2/c1-5-10-17-13(12-8-9-12)11-14-18-15(19-21-14)16(6-2,7-3)20-4/h12-13,17H,5-11H2,1-4H3. The molecule has 120 valence electrons. The van der Waals surface area contributed by atoms with Crippen LogP contribution in [0.4, 0.5) is 0 Å². The molecule has 0 spiro atoms. The summed E-state index contributed by atoms with van der Waals surface area (Å²) in [5, 5.41) is 7.79. The van der Waals surface area contributed by atoms with E-state index in [2.05, 4.69) is 36.2 Å². The second-order valence-electron chi connectivity index (χ2n) is 6.02. The zero-order chi connectivity index (χ0) is 15.3. The lowest BCUT2D eigenvalue weighted by Crippen LogP contribution is -2.34. The quantitative estimate of drug-likeness (QED) is 0.719. The highest BCUT2D eigenvalue weighted by atomic mass is 16.5. The van der Waals surface area contributed by atoms with Gasteiger partial charge >= 0.3 is 0 Å². The van der Waals surface area contributed by atoms with Gasteiger partial charge in [-0.05, 0) is 44.6 Å². The highest BCUT2D eigenvalue weighted by Gasteiger charge is 2.35. The van der Waals surface area contributed by atoms with Gasteiger partial charge in [0.15, 0.2) is 0 Å². The second-order valence-corrected chi connectivity index (χ2v) is 6.02. The number of methoxy groups -OCH3 is 1. The molecule has 0 radical (unpaired) electrons. The molecule has 5 heteroatoms. The van der Waals surface area contributed by atoms with Gasteiger partial charge in [-0.3, -0.25) is 0 Å².